The molecular formula is C11H18N4O3S. The normalized spacial score (nSPS) is 10.5. The molecule has 19 heavy (non-hydrogen) atoms. The summed E-state index contributed by atoms with van der Waals surface area (Å²) in [6, 6.07) is 0. The number of aryl methyl sites for hydroxylation is 1. The third-order valence-electron chi connectivity index (χ3n) is 2.28. The van der Waals surface area contributed by atoms with E-state index in [0.717, 1.165) is 12.2 Å². The minimum Gasteiger partial charge on any atom is -0.385 e. The Kier molecular flexibility index (Phi) is 6.51. The zero-order valence-electron chi connectivity index (χ0n) is 11.3. The second-order valence-electron chi connectivity index (χ2n) is 3.77. The Morgan fingerprint density at radius 1 is 1.47 bits per heavy atom. The topological polar surface area (TPSA) is 90.2 Å². The summed E-state index contributed by atoms with van der Waals surface area (Å²) in [5.41, 5.74) is 0.370. The molecule has 0 aliphatic heterocycles. The molecule has 0 aliphatic rings. The summed E-state index contributed by atoms with van der Waals surface area (Å²) in [6.07, 6.45) is 0.817. The molecule has 0 aromatic carbocycles. The van der Waals surface area contributed by atoms with E-state index in [1.807, 2.05) is 6.92 Å². The summed E-state index contributed by atoms with van der Waals surface area (Å²) < 4.78 is 4.95. The standard InChI is InChI=1S/C11H18N4O3S/c1-4-12-11-13-8(2)9(15(16)17)10(14-11)19-7-5-6-18-3/h4-7H2,1-3H3,(H,12,13,14). The fourth-order valence-electron chi connectivity index (χ4n) is 1.46. The Morgan fingerprint density at radius 2 is 2.21 bits per heavy atom. The van der Waals surface area contributed by atoms with Crippen molar-refractivity contribution >= 4 is 23.4 Å². The molecule has 8 heteroatoms. The summed E-state index contributed by atoms with van der Waals surface area (Å²) in [7, 11) is 1.63. The maximum absolute atomic E-state index is 11.1. The van der Waals surface area contributed by atoms with Crippen LogP contribution < -0.4 is 5.32 Å². The van der Waals surface area contributed by atoms with Gasteiger partial charge < -0.3 is 10.1 Å². The van der Waals surface area contributed by atoms with Gasteiger partial charge in [-0.05, 0) is 20.3 Å². The molecule has 0 bridgehead atoms. The van der Waals surface area contributed by atoms with Crippen molar-refractivity contribution in [3.8, 4) is 0 Å². The van der Waals surface area contributed by atoms with Gasteiger partial charge in [-0.1, -0.05) is 11.8 Å². The highest BCUT2D eigenvalue weighted by Crippen LogP contribution is 2.30. The third-order valence-corrected chi connectivity index (χ3v) is 3.33. The van der Waals surface area contributed by atoms with E-state index in [-0.39, 0.29) is 5.69 Å². The number of hydrogen-bond donors (Lipinski definition) is 1. The first-order chi connectivity index (χ1) is 9.10. The molecule has 1 rings (SSSR count). The van der Waals surface area contributed by atoms with Gasteiger partial charge in [0.2, 0.25) is 5.95 Å². The maximum atomic E-state index is 11.1. The first-order valence-electron chi connectivity index (χ1n) is 5.98. The van der Waals surface area contributed by atoms with E-state index < -0.39 is 4.92 Å². The lowest BCUT2D eigenvalue weighted by molar-refractivity contribution is -0.389. The van der Waals surface area contributed by atoms with E-state index in [0.29, 0.717) is 29.8 Å². The van der Waals surface area contributed by atoms with Gasteiger partial charge in [0.15, 0.2) is 5.03 Å². The fraction of sp³-hybridized carbons (Fsp3) is 0.636. The Hall–Kier alpha value is -1.41. The van der Waals surface area contributed by atoms with Crippen molar-refractivity contribution in [3.05, 3.63) is 15.8 Å². The second-order valence-corrected chi connectivity index (χ2v) is 4.85. The van der Waals surface area contributed by atoms with Crippen molar-refractivity contribution in [1.82, 2.24) is 9.97 Å². The van der Waals surface area contributed by atoms with E-state index >= 15 is 0 Å². The number of methoxy groups -OCH3 is 1. The van der Waals surface area contributed by atoms with Gasteiger partial charge in [0.05, 0.1) is 4.92 Å². The monoisotopic (exact) mass is 286 g/mol. The van der Waals surface area contributed by atoms with E-state index in [9.17, 15) is 10.1 Å². The van der Waals surface area contributed by atoms with Crippen LogP contribution in [0.3, 0.4) is 0 Å². The number of nitrogens with one attached hydrogen (secondary N) is 1. The molecule has 106 valence electrons. The summed E-state index contributed by atoms with van der Waals surface area (Å²) >= 11 is 1.36. The van der Waals surface area contributed by atoms with Crippen molar-refractivity contribution in [1.29, 1.82) is 0 Å². The number of anilines is 1. The third kappa shape index (κ3) is 4.64. The van der Waals surface area contributed by atoms with Crippen LogP contribution in [0.5, 0.6) is 0 Å². The van der Waals surface area contributed by atoms with Gasteiger partial charge in [-0.2, -0.15) is 4.98 Å². The number of rotatable bonds is 8. The Labute approximate surface area is 116 Å². The highest BCUT2D eigenvalue weighted by Gasteiger charge is 2.22. The van der Waals surface area contributed by atoms with Gasteiger partial charge in [-0.25, -0.2) is 4.98 Å². The first kappa shape index (κ1) is 15.6. The number of nitrogens with zero attached hydrogens (tertiary/aromatic N) is 3. The van der Waals surface area contributed by atoms with Crippen LogP contribution in [0, 0.1) is 17.0 Å². The van der Waals surface area contributed by atoms with Crippen LogP contribution in [0.25, 0.3) is 0 Å². The van der Waals surface area contributed by atoms with E-state index in [2.05, 4.69) is 15.3 Å². The zero-order valence-corrected chi connectivity index (χ0v) is 12.1. The molecule has 0 unspecified atom stereocenters. The lowest BCUT2D eigenvalue weighted by atomic mass is 10.4. The van der Waals surface area contributed by atoms with Crippen LogP contribution in [-0.4, -0.2) is 40.9 Å². The number of nitro groups is 1. The smallest absolute Gasteiger partial charge is 0.322 e. The van der Waals surface area contributed by atoms with Crippen LogP contribution in [0.2, 0.25) is 0 Å². The van der Waals surface area contributed by atoms with Crippen LogP contribution in [0.4, 0.5) is 11.6 Å². The van der Waals surface area contributed by atoms with E-state index in [1.54, 1.807) is 14.0 Å². The molecule has 0 saturated carbocycles. The highest BCUT2D eigenvalue weighted by atomic mass is 32.2. The molecule has 7 nitrogen and oxygen atoms in total. The van der Waals surface area contributed by atoms with Gasteiger partial charge >= 0.3 is 5.69 Å². The van der Waals surface area contributed by atoms with Crippen molar-refractivity contribution in [2.45, 2.75) is 25.3 Å². The Balaban J connectivity index is 2.92. The fourth-order valence-corrected chi connectivity index (χ4v) is 2.43. The largest absolute Gasteiger partial charge is 0.385 e. The lowest BCUT2D eigenvalue weighted by Crippen LogP contribution is -2.07. The molecule has 0 aliphatic carbocycles. The molecule has 0 fully saturated rings. The van der Waals surface area contributed by atoms with Crippen molar-refractivity contribution in [2.75, 3.05) is 31.3 Å². The number of ether oxygens (including phenoxy) is 1. The second kappa shape index (κ2) is 7.90. The Bertz CT molecular complexity index is 442. The summed E-state index contributed by atoms with van der Waals surface area (Å²) in [4.78, 5) is 18.9. The van der Waals surface area contributed by atoms with Gasteiger partial charge in [0.1, 0.15) is 5.69 Å². The van der Waals surface area contributed by atoms with Crippen molar-refractivity contribution in [3.63, 3.8) is 0 Å². The van der Waals surface area contributed by atoms with Crippen molar-refractivity contribution < 1.29 is 9.66 Å². The first-order valence-corrected chi connectivity index (χ1v) is 6.97. The Morgan fingerprint density at radius 3 is 2.79 bits per heavy atom. The molecule has 0 atom stereocenters. The minimum atomic E-state index is -0.427. The van der Waals surface area contributed by atoms with Crippen LogP contribution in [0.1, 0.15) is 19.0 Å². The SMILES string of the molecule is CCNc1nc(C)c([N+](=O)[O-])c(SCCCOC)n1. The maximum Gasteiger partial charge on any atom is 0.322 e. The summed E-state index contributed by atoms with van der Waals surface area (Å²) in [5, 5.41) is 14.4. The van der Waals surface area contributed by atoms with Gasteiger partial charge in [-0.3, -0.25) is 10.1 Å². The lowest BCUT2D eigenvalue weighted by Gasteiger charge is -2.07. The molecule has 0 radical (unpaired) electrons. The predicted octanol–water partition coefficient (Wildman–Crippen LogP) is 2.25. The van der Waals surface area contributed by atoms with Crippen LogP contribution in [0.15, 0.2) is 5.03 Å². The van der Waals surface area contributed by atoms with Gasteiger partial charge in [-0.15, -0.1) is 0 Å². The molecule has 1 heterocycles. The van der Waals surface area contributed by atoms with E-state index in [4.69, 9.17) is 4.74 Å². The minimum absolute atomic E-state index is 0.0101. The molecular weight excluding hydrogens is 268 g/mol. The molecule has 1 aromatic rings. The summed E-state index contributed by atoms with van der Waals surface area (Å²) in [5.74, 6) is 1.15. The average molecular weight is 286 g/mol. The number of thioether (sulfide) groups is 1. The van der Waals surface area contributed by atoms with Gasteiger partial charge in [0, 0.05) is 26.0 Å². The number of hydrogen-bond acceptors (Lipinski definition) is 7. The quantitative estimate of drug-likeness (QED) is 0.258. The zero-order chi connectivity index (χ0) is 14.3. The number of aromatic nitrogens is 2. The highest BCUT2D eigenvalue weighted by molar-refractivity contribution is 7.99. The molecule has 1 N–H and O–H groups in total. The predicted molar refractivity (Wildman–Crippen MR) is 74.8 cm³/mol. The molecule has 0 spiro atoms. The molecule has 0 saturated heterocycles. The van der Waals surface area contributed by atoms with Gasteiger partial charge in [0.25, 0.3) is 0 Å². The van der Waals surface area contributed by atoms with Crippen LogP contribution in [-0.2, 0) is 4.74 Å². The molecule has 0 amide bonds. The average Bonchev–Trinajstić information content (AvgIpc) is 2.34. The van der Waals surface area contributed by atoms with E-state index in [1.165, 1.54) is 11.8 Å². The van der Waals surface area contributed by atoms with Crippen molar-refractivity contribution in [2.24, 2.45) is 0 Å². The summed E-state index contributed by atoms with van der Waals surface area (Å²) in [6.45, 7) is 4.85. The molecule has 1 aromatic heterocycles. The van der Waals surface area contributed by atoms with Crippen LogP contribution >= 0.6 is 11.8 Å².